The second-order valence-electron chi connectivity index (χ2n) is 10.0. The molecule has 0 saturated carbocycles. The topological polar surface area (TPSA) is 91.6 Å². The lowest BCUT2D eigenvalue weighted by atomic mass is 9.99. The molecule has 9 heteroatoms. The Morgan fingerprint density at radius 3 is 2.74 bits per heavy atom. The molecule has 1 unspecified atom stereocenters. The number of aromatic nitrogens is 1. The number of thiazole rings is 1. The van der Waals surface area contributed by atoms with Gasteiger partial charge in [0, 0.05) is 36.2 Å². The first-order valence-electron chi connectivity index (χ1n) is 12.4. The van der Waals surface area contributed by atoms with Crippen LogP contribution in [0.25, 0.3) is 0 Å². The van der Waals surface area contributed by atoms with Crippen molar-refractivity contribution in [3.8, 4) is 0 Å². The van der Waals surface area contributed by atoms with Gasteiger partial charge in [0.15, 0.2) is 0 Å². The predicted molar refractivity (Wildman–Crippen MR) is 142 cm³/mol. The zero-order chi connectivity index (χ0) is 24.1. The molecule has 0 bridgehead atoms. The van der Waals surface area contributed by atoms with Crippen LogP contribution in [0.15, 0.2) is 42.0 Å². The van der Waals surface area contributed by atoms with Crippen LogP contribution in [0, 0.1) is 5.92 Å². The molecule has 2 aromatic rings. The summed E-state index contributed by atoms with van der Waals surface area (Å²) < 4.78 is 0. The number of nitrogens with one attached hydrogen (secondary N) is 1. The van der Waals surface area contributed by atoms with Crippen LogP contribution in [0.5, 0.6) is 0 Å². The van der Waals surface area contributed by atoms with E-state index >= 15 is 0 Å². The molecule has 7 nitrogen and oxygen atoms in total. The van der Waals surface area contributed by atoms with E-state index in [0.29, 0.717) is 31.8 Å². The van der Waals surface area contributed by atoms with Gasteiger partial charge in [-0.3, -0.25) is 19.5 Å². The predicted octanol–water partition coefficient (Wildman–Crippen LogP) is 3.23. The third-order valence-electron chi connectivity index (χ3n) is 7.01. The Morgan fingerprint density at radius 1 is 1.29 bits per heavy atom. The van der Waals surface area contributed by atoms with Gasteiger partial charge in [0.2, 0.25) is 11.8 Å². The van der Waals surface area contributed by atoms with Crippen LogP contribution in [-0.4, -0.2) is 63.9 Å². The SMILES string of the molecule is CC(C)C[C@H](C(=O)NCc1cncs1)N1CCC(CCc2ccccc2)N2C[C@H](N)C[C@H]2C1=O.Cl. The highest BCUT2D eigenvalue weighted by molar-refractivity contribution is 7.09. The third-order valence-corrected chi connectivity index (χ3v) is 7.79. The summed E-state index contributed by atoms with van der Waals surface area (Å²) in [6, 6.07) is 10.1. The van der Waals surface area contributed by atoms with E-state index < -0.39 is 6.04 Å². The molecule has 2 aliphatic heterocycles. The molecular formula is C26H38ClN5O2S. The highest BCUT2D eigenvalue weighted by atomic mass is 35.5. The summed E-state index contributed by atoms with van der Waals surface area (Å²) in [5, 5.41) is 3.05. The zero-order valence-electron chi connectivity index (χ0n) is 20.6. The fourth-order valence-corrected chi connectivity index (χ4v) is 5.87. The number of benzene rings is 1. The van der Waals surface area contributed by atoms with E-state index in [1.54, 1.807) is 11.7 Å². The van der Waals surface area contributed by atoms with E-state index in [9.17, 15) is 9.59 Å². The monoisotopic (exact) mass is 519 g/mol. The maximum atomic E-state index is 13.8. The van der Waals surface area contributed by atoms with Crippen LogP contribution < -0.4 is 11.1 Å². The minimum atomic E-state index is -0.466. The highest BCUT2D eigenvalue weighted by Crippen LogP contribution is 2.30. The second kappa shape index (κ2) is 12.8. The lowest BCUT2D eigenvalue weighted by Gasteiger charge is -2.33. The summed E-state index contributed by atoms with van der Waals surface area (Å²) in [5.41, 5.74) is 9.42. The van der Waals surface area contributed by atoms with Gasteiger partial charge in [-0.1, -0.05) is 44.2 Å². The first kappa shape index (κ1) is 27.6. The average Bonchev–Trinajstić information content (AvgIpc) is 3.46. The van der Waals surface area contributed by atoms with Crippen molar-refractivity contribution in [2.75, 3.05) is 13.1 Å². The van der Waals surface area contributed by atoms with Crippen LogP contribution >= 0.6 is 23.7 Å². The Kier molecular flexibility index (Phi) is 10.1. The Morgan fingerprint density at radius 2 is 2.06 bits per heavy atom. The fourth-order valence-electron chi connectivity index (χ4n) is 5.34. The quantitative estimate of drug-likeness (QED) is 0.530. The average molecular weight is 520 g/mol. The number of rotatable bonds is 9. The van der Waals surface area contributed by atoms with Crippen molar-refractivity contribution in [1.29, 1.82) is 0 Å². The molecular weight excluding hydrogens is 482 g/mol. The number of carbonyl (C=O) groups is 2. The molecule has 1 aromatic heterocycles. The summed E-state index contributed by atoms with van der Waals surface area (Å²) in [6.45, 7) is 6.00. The van der Waals surface area contributed by atoms with Gasteiger partial charge >= 0.3 is 0 Å². The molecule has 3 N–H and O–H groups in total. The van der Waals surface area contributed by atoms with E-state index in [-0.39, 0.29) is 42.3 Å². The van der Waals surface area contributed by atoms with Crippen LogP contribution in [0.4, 0.5) is 0 Å². The zero-order valence-corrected chi connectivity index (χ0v) is 22.3. The molecule has 35 heavy (non-hydrogen) atoms. The van der Waals surface area contributed by atoms with Crippen molar-refractivity contribution >= 4 is 35.6 Å². The minimum Gasteiger partial charge on any atom is -0.349 e. The number of hydrogen-bond acceptors (Lipinski definition) is 6. The first-order chi connectivity index (χ1) is 16.4. The molecule has 2 saturated heterocycles. The molecule has 2 amide bonds. The van der Waals surface area contributed by atoms with Crippen LogP contribution in [0.2, 0.25) is 0 Å². The Hall–Kier alpha value is -2.00. The molecule has 0 spiro atoms. The summed E-state index contributed by atoms with van der Waals surface area (Å²) in [4.78, 5) is 36.4. The van der Waals surface area contributed by atoms with Crippen molar-refractivity contribution < 1.29 is 9.59 Å². The number of amides is 2. The van der Waals surface area contributed by atoms with Gasteiger partial charge in [-0.15, -0.1) is 23.7 Å². The number of nitrogens with two attached hydrogens (primary N) is 1. The molecule has 0 aliphatic carbocycles. The number of hydrogen-bond donors (Lipinski definition) is 2. The van der Waals surface area contributed by atoms with Crippen molar-refractivity contribution in [2.24, 2.45) is 11.7 Å². The van der Waals surface area contributed by atoms with Crippen LogP contribution in [-0.2, 0) is 22.6 Å². The van der Waals surface area contributed by atoms with Gasteiger partial charge in [-0.2, -0.15) is 0 Å². The lowest BCUT2D eigenvalue weighted by molar-refractivity contribution is -0.143. The van der Waals surface area contributed by atoms with Crippen molar-refractivity contribution in [3.63, 3.8) is 0 Å². The van der Waals surface area contributed by atoms with Gasteiger partial charge in [-0.05, 0) is 43.6 Å². The Balaban J connectivity index is 0.00000342. The summed E-state index contributed by atoms with van der Waals surface area (Å²) in [6.07, 6.45) is 5.90. The third kappa shape index (κ3) is 7.03. The lowest BCUT2D eigenvalue weighted by Crippen LogP contribution is -2.53. The molecule has 3 heterocycles. The first-order valence-corrected chi connectivity index (χ1v) is 13.3. The molecule has 1 aromatic carbocycles. The van der Waals surface area contributed by atoms with Crippen LogP contribution in [0.1, 0.15) is 50.0 Å². The molecule has 0 radical (unpaired) electrons. The molecule has 2 fully saturated rings. The van der Waals surface area contributed by atoms with Gasteiger partial charge in [0.25, 0.3) is 0 Å². The van der Waals surface area contributed by atoms with E-state index in [4.69, 9.17) is 5.73 Å². The van der Waals surface area contributed by atoms with Crippen LogP contribution in [0.3, 0.4) is 0 Å². The second-order valence-corrected chi connectivity index (χ2v) is 11.0. The fraction of sp³-hybridized carbons (Fsp3) is 0.577. The standard InChI is InChI=1S/C26H37N5O2S.ClH/c1-18(2)12-23(25(32)29-15-22-14-28-17-34-22)30-11-10-21(9-8-19-6-4-3-5-7-19)31-16-20(27)13-24(31)26(30)33;/h3-7,14,17-18,20-21,23-24H,8-13,15-16,27H2,1-2H3,(H,29,32);1H/t20-,21?,23-,24+;/m1./s1. The van der Waals surface area contributed by atoms with Gasteiger partial charge in [0.05, 0.1) is 18.1 Å². The number of fused-ring (bicyclic) bond motifs is 1. The summed E-state index contributed by atoms with van der Waals surface area (Å²) in [7, 11) is 0. The van der Waals surface area contributed by atoms with E-state index in [1.807, 2.05) is 11.0 Å². The normalized spacial score (nSPS) is 23.5. The van der Waals surface area contributed by atoms with E-state index in [2.05, 4.69) is 53.3 Å². The largest absolute Gasteiger partial charge is 0.349 e. The molecule has 4 atom stereocenters. The van der Waals surface area contributed by atoms with Crippen molar-refractivity contribution in [1.82, 2.24) is 20.1 Å². The number of halogens is 1. The highest BCUT2D eigenvalue weighted by Gasteiger charge is 2.45. The maximum absolute atomic E-state index is 13.8. The van der Waals surface area contributed by atoms with Crippen molar-refractivity contribution in [2.45, 2.75) is 76.7 Å². The Labute approximate surface area is 218 Å². The summed E-state index contributed by atoms with van der Waals surface area (Å²) in [5.74, 6) is 0.284. The van der Waals surface area contributed by atoms with E-state index in [0.717, 1.165) is 30.7 Å². The molecule has 192 valence electrons. The summed E-state index contributed by atoms with van der Waals surface area (Å²) >= 11 is 1.52. The minimum absolute atomic E-state index is 0. The van der Waals surface area contributed by atoms with Gasteiger partial charge < -0.3 is 16.0 Å². The smallest absolute Gasteiger partial charge is 0.243 e. The van der Waals surface area contributed by atoms with E-state index in [1.165, 1.54) is 16.9 Å². The number of nitrogens with zero attached hydrogens (tertiary/aromatic N) is 3. The van der Waals surface area contributed by atoms with Gasteiger partial charge in [-0.25, -0.2) is 0 Å². The Bertz CT molecular complexity index is 942. The molecule has 2 aliphatic rings. The number of carbonyl (C=O) groups excluding carboxylic acids is 2. The maximum Gasteiger partial charge on any atom is 0.243 e. The van der Waals surface area contributed by atoms with Gasteiger partial charge in [0.1, 0.15) is 6.04 Å². The van der Waals surface area contributed by atoms with Crippen molar-refractivity contribution in [3.05, 3.63) is 52.5 Å². The molecule has 4 rings (SSSR count). The number of aryl methyl sites for hydroxylation is 1.